The lowest BCUT2D eigenvalue weighted by molar-refractivity contribution is -0.144. The van der Waals surface area contributed by atoms with E-state index < -0.39 is 0 Å². The van der Waals surface area contributed by atoms with Crippen LogP contribution in [-0.2, 0) is 14.3 Å². The highest BCUT2D eigenvalue weighted by molar-refractivity contribution is 5.84. The first-order valence-electron chi connectivity index (χ1n) is 8.24. The Bertz CT molecular complexity index is 288. The maximum absolute atomic E-state index is 12.0. The van der Waals surface area contributed by atoms with E-state index in [0.29, 0.717) is 31.4 Å². The number of nitrogens with zero attached hydrogens (tertiary/aromatic N) is 1. The van der Waals surface area contributed by atoms with Gasteiger partial charge in [-0.15, -0.1) is 0 Å². The van der Waals surface area contributed by atoms with Gasteiger partial charge in [0.05, 0.1) is 19.6 Å². The molecule has 0 N–H and O–H groups in total. The maximum atomic E-state index is 12.0. The lowest BCUT2D eigenvalue weighted by Gasteiger charge is -2.23. The van der Waals surface area contributed by atoms with Gasteiger partial charge in [-0.1, -0.05) is 27.7 Å². The number of esters is 1. The van der Waals surface area contributed by atoms with Crippen molar-refractivity contribution in [2.75, 3.05) is 26.2 Å². The van der Waals surface area contributed by atoms with E-state index in [9.17, 15) is 9.59 Å². The third kappa shape index (κ3) is 12.5. The number of carbonyl (C=O) groups is 2. The molecule has 21 heavy (non-hydrogen) atoms. The standard InChI is InChI=1S/C17H33NO3/c1-6-21-17(20)8-7-16(19)13-18(11-9-14(2)3)12-10-15(4)5/h14-15H,6-13H2,1-5H3. The molecule has 0 saturated carbocycles. The van der Waals surface area contributed by atoms with Crippen molar-refractivity contribution in [2.45, 2.75) is 60.3 Å². The number of hydrogen-bond donors (Lipinski definition) is 0. The van der Waals surface area contributed by atoms with E-state index in [1.807, 2.05) is 0 Å². The van der Waals surface area contributed by atoms with Crippen molar-refractivity contribution >= 4 is 11.8 Å². The van der Waals surface area contributed by atoms with Crippen LogP contribution in [-0.4, -0.2) is 42.9 Å². The molecule has 0 aromatic rings. The monoisotopic (exact) mass is 299 g/mol. The van der Waals surface area contributed by atoms with Crippen molar-refractivity contribution in [2.24, 2.45) is 11.8 Å². The fourth-order valence-corrected chi connectivity index (χ4v) is 1.95. The summed E-state index contributed by atoms with van der Waals surface area (Å²) >= 11 is 0. The average molecular weight is 299 g/mol. The van der Waals surface area contributed by atoms with Crippen molar-refractivity contribution in [3.63, 3.8) is 0 Å². The van der Waals surface area contributed by atoms with Crippen LogP contribution in [0.25, 0.3) is 0 Å². The molecule has 0 bridgehead atoms. The fourth-order valence-electron chi connectivity index (χ4n) is 1.95. The van der Waals surface area contributed by atoms with Gasteiger partial charge in [-0.05, 0) is 44.7 Å². The highest BCUT2D eigenvalue weighted by atomic mass is 16.5. The van der Waals surface area contributed by atoms with Gasteiger partial charge in [0.1, 0.15) is 5.78 Å². The Morgan fingerprint density at radius 2 is 1.48 bits per heavy atom. The highest BCUT2D eigenvalue weighted by Gasteiger charge is 2.13. The molecule has 0 aliphatic heterocycles. The summed E-state index contributed by atoms with van der Waals surface area (Å²) in [6.45, 7) is 13.3. The van der Waals surface area contributed by atoms with Gasteiger partial charge >= 0.3 is 5.97 Å². The second kappa shape index (κ2) is 11.7. The van der Waals surface area contributed by atoms with Gasteiger partial charge in [-0.3, -0.25) is 14.5 Å². The smallest absolute Gasteiger partial charge is 0.306 e. The molecule has 0 radical (unpaired) electrons. The summed E-state index contributed by atoms with van der Waals surface area (Å²) in [4.78, 5) is 25.5. The van der Waals surface area contributed by atoms with Gasteiger partial charge in [0.2, 0.25) is 0 Å². The first-order chi connectivity index (χ1) is 9.85. The average Bonchev–Trinajstić information content (AvgIpc) is 2.39. The van der Waals surface area contributed by atoms with Crippen molar-refractivity contribution < 1.29 is 14.3 Å². The van der Waals surface area contributed by atoms with Crippen LogP contribution in [0.1, 0.15) is 60.3 Å². The number of ether oxygens (including phenoxy) is 1. The van der Waals surface area contributed by atoms with E-state index in [0.717, 1.165) is 25.9 Å². The Hall–Kier alpha value is -0.900. The summed E-state index contributed by atoms with van der Waals surface area (Å²) in [5.41, 5.74) is 0. The first kappa shape index (κ1) is 20.1. The minimum absolute atomic E-state index is 0.135. The Balaban J connectivity index is 4.16. The minimum Gasteiger partial charge on any atom is -0.466 e. The first-order valence-corrected chi connectivity index (χ1v) is 8.24. The van der Waals surface area contributed by atoms with Gasteiger partial charge in [0.15, 0.2) is 0 Å². The topological polar surface area (TPSA) is 46.6 Å². The van der Waals surface area contributed by atoms with Crippen LogP contribution in [0.15, 0.2) is 0 Å². The Morgan fingerprint density at radius 3 is 1.90 bits per heavy atom. The maximum Gasteiger partial charge on any atom is 0.306 e. The van der Waals surface area contributed by atoms with E-state index in [1.165, 1.54) is 0 Å². The molecule has 0 aromatic carbocycles. The molecule has 0 aliphatic rings. The molecule has 0 spiro atoms. The Morgan fingerprint density at radius 1 is 0.952 bits per heavy atom. The third-order valence-corrected chi connectivity index (χ3v) is 3.36. The second-order valence-electron chi connectivity index (χ2n) is 6.48. The molecule has 4 nitrogen and oxygen atoms in total. The lowest BCUT2D eigenvalue weighted by Crippen LogP contribution is -2.33. The number of hydrogen-bond acceptors (Lipinski definition) is 4. The molecular weight excluding hydrogens is 266 g/mol. The lowest BCUT2D eigenvalue weighted by atomic mass is 10.1. The fraction of sp³-hybridized carbons (Fsp3) is 0.882. The van der Waals surface area contributed by atoms with Crippen LogP contribution in [0.5, 0.6) is 0 Å². The van der Waals surface area contributed by atoms with Crippen LogP contribution < -0.4 is 0 Å². The van der Waals surface area contributed by atoms with Crippen LogP contribution in [0, 0.1) is 11.8 Å². The van der Waals surface area contributed by atoms with Gasteiger partial charge < -0.3 is 4.74 Å². The molecule has 4 heteroatoms. The molecule has 0 heterocycles. The predicted octanol–water partition coefficient (Wildman–Crippen LogP) is 3.29. The molecule has 0 aromatic heterocycles. The van der Waals surface area contributed by atoms with Crippen molar-refractivity contribution in [3.05, 3.63) is 0 Å². The Labute approximate surface area is 130 Å². The summed E-state index contributed by atoms with van der Waals surface area (Å²) in [6.07, 6.45) is 2.69. The minimum atomic E-state index is -0.276. The second-order valence-corrected chi connectivity index (χ2v) is 6.48. The van der Waals surface area contributed by atoms with Crippen molar-refractivity contribution in [3.8, 4) is 0 Å². The van der Waals surface area contributed by atoms with Gasteiger partial charge in [0, 0.05) is 6.42 Å². The van der Waals surface area contributed by atoms with E-state index >= 15 is 0 Å². The predicted molar refractivity (Wildman–Crippen MR) is 86.2 cm³/mol. The van der Waals surface area contributed by atoms with Crippen LogP contribution in [0.4, 0.5) is 0 Å². The van der Waals surface area contributed by atoms with Gasteiger partial charge in [0.25, 0.3) is 0 Å². The SMILES string of the molecule is CCOC(=O)CCC(=O)CN(CCC(C)C)CCC(C)C. The highest BCUT2D eigenvalue weighted by Crippen LogP contribution is 2.07. The van der Waals surface area contributed by atoms with E-state index in [-0.39, 0.29) is 18.2 Å². The molecule has 0 unspecified atom stereocenters. The normalized spacial score (nSPS) is 11.4. The number of carbonyl (C=O) groups excluding carboxylic acids is 2. The third-order valence-electron chi connectivity index (χ3n) is 3.36. The van der Waals surface area contributed by atoms with Crippen LogP contribution >= 0.6 is 0 Å². The van der Waals surface area contributed by atoms with Crippen molar-refractivity contribution in [1.82, 2.24) is 4.90 Å². The molecular formula is C17H33NO3. The summed E-state index contributed by atoms with van der Waals surface area (Å²) in [5, 5.41) is 0. The zero-order chi connectivity index (χ0) is 16.3. The number of ketones is 1. The van der Waals surface area contributed by atoms with Gasteiger partial charge in [-0.2, -0.15) is 0 Å². The molecule has 124 valence electrons. The van der Waals surface area contributed by atoms with Crippen LogP contribution in [0.3, 0.4) is 0 Å². The molecule has 0 amide bonds. The molecule has 0 atom stereocenters. The van der Waals surface area contributed by atoms with E-state index in [1.54, 1.807) is 6.92 Å². The number of Topliss-reactive ketones (excluding diaryl/α,β-unsaturated/α-hetero) is 1. The zero-order valence-electron chi connectivity index (χ0n) is 14.5. The largest absolute Gasteiger partial charge is 0.466 e. The Kier molecular flexibility index (Phi) is 11.2. The summed E-state index contributed by atoms with van der Waals surface area (Å²) in [7, 11) is 0. The summed E-state index contributed by atoms with van der Waals surface area (Å²) < 4.78 is 4.85. The molecule has 0 saturated heterocycles. The summed E-state index contributed by atoms with van der Waals surface area (Å²) in [6, 6.07) is 0. The van der Waals surface area contributed by atoms with Gasteiger partial charge in [-0.25, -0.2) is 0 Å². The van der Waals surface area contributed by atoms with Crippen LogP contribution in [0.2, 0.25) is 0 Å². The zero-order valence-corrected chi connectivity index (χ0v) is 14.5. The summed E-state index contributed by atoms with van der Waals surface area (Å²) in [5.74, 6) is 1.14. The number of rotatable bonds is 12. The van der Waals surface area contributed by atoms with E-state index in [2.05, 4.69) is 32.6 Å². The molecule has 0 fully saturated rings. The van der Waals surface area contributed by atoms with E-state index in [4.69, 9.17) is 4.74 Å². The molecule has 0 aliphatic carbocycles. The molecule has 0 rings (SSSR count). The van der Waals surface area contributed by atoms with Crippen molar-refractivity contribution in [1.29, 1.82) is 0 Å². The quantitative estimate of drug-likeness (QED) is 0.519.